The molecule has 1 saturated carbocycles. The molecule has 0 radical (unpaired) electrons. The van der Waals surface area contributed by atoms with Crippen molar-refractivity contribution in [3.63, 3.8) is 0 Å². The summed E-state index contributed by atoms with van der Waals surface area (Å²) < 4.78 is 42.9. The lowest BCUT2D eigenvalue weighted by molar-refractivity contribution is -0.274. The molecule has 0 aromatic heterocycles. The maximum atomic E-state index is 14.0. The van der Waals surface area contributed by atoms with E-state index in [4.69, 9.17) is 5.26 Å². The number of nitrogens with zero attached hydrogens (tertiary/aromatic N) is 3. The van der Waals surface area contributed by atoms with Gasteiger partial charge < -0.3 is 9.84 Å². The number of aliphatic hydroxyl groups is 1. The Labute approximate surface area is 199 Å². The van der Waals surface area contributed by atoms with E-state index in [0.717, 1.165) is 12.1 Å². The van der Waals surface area contributed by atoms with Crippen LogP contribution in [0.1, 0.15) is 30.4 Å². The van der Waals surface area contributed by atoms with E-state index >= 15 is 0 Å². The zero-order valence-electron chi connectivity index (χ0n) is 18.4. The summed E-state index contributed by atoms with van der Waals surface area (Å²) in [6, 6.07) is 21.6. The number of hydrogen-bond acceptors (Lipinski definition) is 4. The Bertz CT molecular complexity index is 1300. The molecule has 1 unspecified atom stereocenters. The van der Waals surface area contributed by atoms with E-state index in [9.17, 15) is 23.1 Å². The van der Waals surface area contributed by atoms with E-state index < -0.39 is 29.4 Å². The molecular formula is C26H20F3N3O3. The molecule has 1 N–H and O–H groups in total. The minimum absolute atomic E-state index is 0.104. The number of urea groups is 1. The van der Waals surface area contributed by atoms with Crippen molar-refractivity contribution in [3.05, 3.63) is 90.0 Å². The van der Waals surface area contributed by atoms with Crippen LogP contribution < -0.4 is 14.5 Å². The third-order valence-corrected chi connectivity index (χ3v) is 6.70. The predicted molar refractivity (Wildman–Crippen MR) is 122 cm³/mol. The van der Waals surface area contributed by atoms with E-state index in [2.05, 4.69) is 4.74 Å². The monoisotopic (exact) mass is 479 g/mol. The van der Waals surface area contributed by atoms with Crippen LogP contribution in [0.4, 0.5) is 29.3 Å². The molecule has 1 aliphatic heterocycles. The van der Waals surface area contributed by atoms with Crippen LogP contribution in [0.3, 0.4) is 0 Å². The molecule has 6 nitrogen and oxygen atoms in total. The first kappa shape index (κ1) is 22.7. The van der Waals surface area contributed by atoms with E-state index in [1.807, 2.05) is 6.07 Å². The van der Waals surface area contributed by atoms with Crippen molar-refractivity contribution >= 4 is 17.4 Å². The average Bonchev–Trinajstić information content (AvgIpc) is 3.03. The van der Waals surface area contributed by atoms with Crippen LogP contribution in [0.15, 0.2) is 78.9 Å². The molecule has 0 bridgehead atoms. The Balaban J connectivity index is 1.71. The van der Waals surface area contributed by atoms with Crippen molar-refractivity contribution in [1.82, 2.24) is 0 Å². The molecule has 2 fully saturated rings. The molecule has 178 valence electrons. The molecule has 1 heterocycles. The molecular weight excluding hydrogens is 459 g/mol. The lowest BCUT2D eigenvalue weighted by Gasteiger charge is -2.52. The van der Waals surface area contributed by atoms with Gasteiger partial charge in [0, 0.05) is 16.9 Å². The van der Waals surface area contributed by atoms with E-state index in [-0.39, 0.29) is 5.56 Å². The second kappa shape index (κ2) is 8.03. The van der Waals surface area contributed by atoms with Gasteiger partial charge in [0.05, 0.1) is 11.6 Å². The molecule has 5 rings (SSSR count). The summed E-state index contributed by atoms with van der Waals surface area (Å²) in [6.45, 7) is 0. The number of halogens is 3. The lowest BCUT2D eigenvalue weighted by atomic mass is 9.66. The molecule has 1 saturated heterocycles. The highest BCUT2D eigenvalue weighted by Crippen LogP contribution is 2.59. The number of hydrogen-bond donors (Lipinski definition) is 1. The number of nitriles is 1. The molecule has 1 atom stereocenters. The third-order valence-electron chi connectivity index (χ3n) is 6.70. The second-order valence-corrected chi connectivity index (χ2v) is 8.58. The fourth-order valence-corrected chi connectivity index (χ4v) is 5.09. The number of amides is 2. The summed E-state index contributed by atoms with van der Waals surface area (Å²) in [7, 11) is 0. The second-order valence-electron chi connectivity index (χ2n) is 8.58. The number of rotatable bonds is 4. The van der Waals surface area contributed by atoms with Crippen molar-refractivity contribution in [2.75, 3.05) is 9.80 Å². The molecule has 1 spiro atoms. The van der Waals surface area contributed by atoms with Gasteiger partial charge in [-0.3, -0.25) is 9.80 Å². The molecule has 2 aliphatic rings. The SMILES string of the molecule is N#Cc1ccc(N2C(=O)N(c3ccccc3)C(O)(c3cccc(OC(F)(F)F)c3)C23CCC3)cc1. The summed E-state index contributed by atoms with van der Waals surface area (Å²) in [5.41, 5.74) is -1.76. The first-order valence-corrected chi connectivity index (χ1v) is 11.0. The van der Waals surface area contributed by atoms with Gasteiger partial charge in [-0.2, -0.15) is 5.26 Å². The van der Waals surface area contributed by atoms with Crippen LogP contribution >= 0.6 is 0 Å². The fraction of sp³-hybridized carbons (Fsp3) is 0.231. The smallest absolute Gasteiger partial charge is 0.406 e. The number of carbonyl (C=O) groups excluding carboxylic acids is 1. The topological polar surface area (TPSA) is 76.8 Å². The molecule has 3 aromatic carbocycles. The number of alkyl halides is 3. The maximum Gasteiger partial charge on any atom is 0.573 e. The summed E-state index contributed by atoms with van der Waals surface area (Å²) in [4.78, 5) is 16.7. The standard InChI is InChI=1S/C26H20F3N3O3/c27-26(28,29)35-22-9-4-6-19(16-22)25(34)24(14-5-15-24)31(21-12-10-18(17-30)11-13-21)23(33)32(25)20-7-2-1-3-8-20/h1-4,6-13,16,34H,5,14-15H2. The Morgan fingerprint density at radius 3 is 2.14 bits per heavy atom. The van der Waals surface area contributed by atoms with Gasteiger partial charge in [0.2, 0.25) is 0 Å². The predicted octanol–water partition coefficient (Wildman–Crippen LogP) is 5.67. The summed E-state index contributed by atoms with van der Waals surface area (Å²) in [6.07, 6.45) is -3.36. The number of benzene rings is 3. The number of anilines is 2. The minimum atomic E-state index is -4.91. The van der Waals surface area contributed by atoms with Crippen molar-refractivity contribution < 1.29 is 27.8 Å². The van der Waals surface area contributed by atoms with Crippen LogP contribution in [-0.2, 0) is 5.72 Å². The van der Waals surface area contributed by atoms with Gasteiger partial charge in [-0.15, -0.1) is 13.2 Å². The van der Waals surface area contributed by atoms with Crippen LogP contribution in [0.2, 0.25) is 0 Å². The highest BCUT2D eigenvalue weighted by atomic mass is 19.4. The molecule has 3 aromatic rings. The molecule has 2 amide bonds. The Morgan fingerprint density at radius 1 is 0.914 bits per heavy atom. The van der Waals surface area contributed by atoms with E-state index in [0.29, 0.717) is 36.2 Å². The highest BCUT2D eigenvalue weighted by Gasteiger charge is 2.70. The van der Waals surface area contributed by atoms with Gasteiger partial charge in [-0.1, -0.05) is 30.3 Å². The van der Waals surface area contributed by atoms with Crippen molar-refractivity contribution in [3.8, 4) is 11.8 Å². The normalized spacial score (nSPS) is 21.1. The summed E-state index contributed by atoms with van der Waals surface area (Å²) in [5, 5.41) is 21.6. The molecule has 1 aliphatic carbocycles. The summed E-state index contributed by atoms with van der Waals surface area (Å²) in [5.74, 6) is -0.491. The molecule has 35 heavy (non-hydrogen) atoms. The lowest BCUT2D eigenvalue weighted by Crippen LogP contribution is -2.63. The number of ether oxygens (including phenoxy) is 1. The Morgan fingerprint density at radius 2 is 1.57 bits per heavy atom. The van der Waals surface area contributed by atoms with Gasteiger partial charge in [-0.25, -0.2) is 4.79 Å². The minimum Gasteiger partial charge on any atom is -0.406 e. The Hall–Kier alpha value is -4.03. The van der Waals surface area contributed by atoms with Gasteiger partial charge in [0.15, 0.2) is 5.72 Å². The zero-order valence-corrected chi connectivity index (χ0v) is 18.4. The maximum absolute atomic E-state index is 14.0. The van der Waals surface area contributed by atoms with E-state index in [1.165, 1.54) is 21.9 Å². The van der Waals surface area contributed by atoms with E-state index in [1.54, 1.807) is 54.6 Å². The number of carbonyl (C=O) groups is 1. The first-order chi connectivity index (χ1) is 16.7. The quantitative estimate of drug-likeness (QED) is 0.523. The number of para-hydroxylation sites is 1. The van der Waals surface area contributed by atoms with Crippen molar-refractivity contribution in [1.29, 1.82) is 5.26 Å². The third kappa shape index (κ3) is 3.49. The zero-order chi connectivity index (χ0) is 24.8. The highest BCUT2D eigenvalue weighted by molar-refractivity contribution is 6.09. The largest absolute Gasteiger partial charge is 0.573 e. The van der Waals surface area contributed by atoms with Crippen LogP contribution in [-0.4, -0.2) is 23.0 Å². The fourth-order valence-electron chi connectivity index (χ4n) is 5.09. The van der Waals surface area contributed by atoms with Gasteiger partial charge in [-0.05, 0) is 67.8 Å². The van der Waals surface area contributed by atoms with Gasteiger partial charge >= 0.3 is 12.4 Å². The summed E-state index contributed by atoms with van der Waals surface area (Å²) >= 11 is 0. The molecule has 9 heteroatoms. The van der Waals surface area contributed by atoms with Gasteiger partial charge in [0.25, 0.3) is 0 Å². The average molecular weight is 479 g/mol. The van der Waals surface area contributed by atoms with Crippen LogP contribution in [0.5, 0.6) is 5.75 Å². The van der Waals surface area contributed by atoms with Crippen molar-refractivity contribution in [2.24, 2.45) is 0 Å². The van der Waals surface area contributed by atoms with Crippen LogP contribution in [0, 0.1) is 11.3 Å². The first-order valence-electron chi connectivity index (χ1n) is 11.0. The van der Waals surface area contributed by atoms with Crippen LogP contribution in [0.25, 0.3) is 0 Å². The Kier molecular flexibility index (Phi) is 5.22. The van der Waals surface area contributed by atoms with Crippen molar-refractivity contribution in [2.45, 2.75) is 36.9 Å². The van der Waals surface area contributed by atoms with Gasteiger partial charge in [0.1, 0.15) is 11.3 Å².